The number of hydrogen-bond acceptors (Lipinski definition) is 6. The quantitative estimate of drug-likeness (QED) is 0.180. The highest BCUT2D eigenvalue weighted by Crippen LogP contribution is 2.41. The molecule has 56 heavy (non-hydrogen) atoms. The Hall–Kier alpha value is -3.76. The van der Waals surface area contributed by atoms with Gasteiger partial charge >= 0.3 is 0 Å². The molecule has 2 amide bonds. The largest absolute Gasteiger partial charge is 0.308 e. The lowest BCUT2D eigenvalue weighted by Gasteiger charge is -2.35. The van der Waals surface area contributed by atoms with Crippen molar-refractivity contribution in [3.05, 3.63) is 129 Å². The van der Waals surface area contributed by atoms with Gasteiger partial charge in [0.25, 0.3) is 0 Å². The Bertz CT molecular complexity index is 1800. The third-order valence-electron chi connectivity index (χ3n) is 12.5. The lowest BCUT2D eigenvalue weighted by Crippen LogP contribution is -2.50. The molecular weight excluding hydrogens is 739 g/mol. The Kier molecular flexibility index (Phi) is 13.2. The number of piperazine rings is 2. The van der Waals surface area contributed by atoms with Crippen LogP contribution in [0.1, 0.15) is 61.8 Å². The topological polar surface area (TPSA) is 53.6 Å². The second-order valence-electron chi connectivity index (χ2n) is 16.1. The molecule has 2 fully saturated rings. The highest BCUT2D eigenvalue weighted by molar-refractivity contribution is 6.30. The summed E-state index contributed by atoms with van der Waals surface area (Å²) < 4.78 is 0. The fourth-order valence-electron chi connectivity index (χ4n) is 8.75. The van der Waals surface area contributed by atoms with Crippen molar-refractivity contribution in [3.8, 4) is 0 Å². The van der Waals surface area contributed by atoms with Gasteiger partial charge in [-0.15, -0.1) is 0 Å². The van der Waals surface area contributed by atoms with Crippen molar-refractivity contribution >= 4 is 46.4 Å². The van der Waals surface area contributed by atoms with Crippen LogP contribution in [0.2, 0.25) is 10.0 Å². The lowest BCUT2D eigenvalue weighted by molar-refractivity contribution is -0.121. The van der Waals surface area contributed by atoms with Crippen molar-refractivity contribution in [2.75, 3.05) is 75.2 Å². The predicted octanol–water partition coefficient (Wildman–Crippen LogP) is 7.99. The number of para-hydroxylation sites is 2. The SMILES string of the molecule is CC1c2ccccc2N(C(=O)CN2CCN(Cc3ccc(Cl)cc3)CC2)C1C.C[C@H]1c2ccccc2N(C(=O)CN2CCN(Cc3ccc(Cl)cc3)CC2)[C@H]1C. The van der Waals surface area contributed by atoms with Crippen molar-refractivity contribution < 1.29 is 9.59 Å². The average Bonchev–Trinajstić information content (AvgIpc) is 3.62. The third-order valence-corrected chi connectivity index (χ3v) is 13.0. The number of amides is 2. The number of carbonyl (C=O) groups excluding carboxylic acids is 2. The molecular formula is C46H56Cl2N6O2. The molecule has 10 heteroatoms. The number of rotatable bonds is 8. The molecule has 4 aromatic rings. The molecule has 8 rings (SSSR count). The summed E-state index contributed by atoms with van der Waals surface area (Å²) in [7, 11) is 0. The zero-order valence-electron chi connectivity index (χ0n) is 33.3. The highest BCUT2D eigenvalue weighted by atomic mass is 35.5. The lowest BCUT2D eigenvalue weighted by atomic mass is 9.98. The molecule has 0 N–H and O–H groups in total. The summed E-state index contributed by atoms with van der Waals surface area (Å²) in [6.45, 7) is 19.3. The Morgan fingerprint density at radius 3 is 1.16 bits per heavy atom. The van der Waals surface area contributed by atoms with Crippen LogP contribution in [-0.2, 0) is 22.7 Å². The Balaban J connectivity index is 0.000000172. The summed E-state index contributed by atoms with van der Waals surface area (Å²) in [4.78, 5) is 39.7. The first kappa shape index (κ1) is 40.4. The normalized spacial score (nSPS) is 23.0. The number of fused-ring (bicyclic) bond motifs is 2. The minimum Gasteiger partial charge on any atom is -0.308 e. The minimum absolute atomic E-state index is 0.218. The maximum Gasteiger partial charge on any atom is 0.241 e. The van der Waals surface area contributed by atoms with Gasteiger partial charge in [-0.2, -0.15) is 0 Å². The van der Waals surface area contributed by atoms with Crippen LogP contribution in [0, 0.1) is 0 Å². The predicted molar refractivity (Wildman–Crippen MR) is 230 cm³/mol. The Labute approximate surface area is 343 Å². The summed E-state index contributed by atoms with van der Waals surface area (Å²) in [5, 5.41) is 1.55. The molecule has 4 aromatic carbocycles. The summed E-state index contributed by atoms with van der Waals surface area (Å²) >= 11 is 11.9. The van der Waals surface area contributed by atoms with Gasteiger partial charge in [0.05, 0.1) is 13.1 Å². The van der Waals surface area contributed by atoms with E-state index in [1.807, 2.05) is 46.2 Å². The van der Waals surface area contributed by atoms with Gasteiger partial charge in [-0.1, -0.05) is 97.7 Å². The van der Waals surface area contributed by atoms with Crippen LogP contribution in [0.3, 0.4) is 0 Å². The van der Waals surface area contributed by atoms with Crippen LogP contribution >= 0.6 is 23.2 Å². The smallest absolute Gasteiger partial charge is 0.241 e. The van der Waals surface area contributed by atoms with E-state index in [0.29, 0.717) is 24.9 Å². The van der Waals surface area contributed by atoms with E-state index in [1.54, 1.807) is 0 Å². The molecule has 296 valence electrons. The van der Waals surface area contributed by atoms with Gasteiger partial charge in [-0.05, 0) is 72.5 Å². The molecule has 0 saturated carbocycles. The molecule has 4 aliphatic rings. The molecule has 0 spiro atoms. The van der Waals surface area contributed by atoms with E-state index in [9.17, 15) is 9.59 Å². The second-order valence-corrected chi connectivity index (χ2v) is 16.9. The number of halogens is 2. The minimum atomic E-state index is 0.218. The van der Waals surface area contributed by atoms with Crippen LogP contribution < -0.4 is 9.80 Å². The van der Waals surface area contributed by atoms with Crippen LogP contribution in [0.5, 0.6) is 0 Å². The van der Waals surface area contributed by atoms with E-state index in [-0.39, 0.29) is 23.9 Å². The summed E-state index contributed by atoms with van der Waals surface area (Å²) in [6.07, 6.45) is 0. The van der Waals surface area contributed by atoms with E-state index in [4.69, 9.17) is 23.2 Å². The second kappa shape index (κ2) is 18.2. The standard InChI is InChI=1S/2C23H28ClN3O/c2*1-17-18(2)27(22-6-4-3-5-21(17)22)23(28)16-26-13-11-25(12-14-26)15-19-7-9-20(24)10-8-19/h2*3-10,17-18H,11-16H2,1-2H3/t17-,18+;/m1./s1. The van der Waals surface area contributed by atoms with Crippen molar-refractivity contribution in [3.63, 3.8) is 0 Å². The van der Waals surface area contributed by atoms with Gasteiger partial charge < -0.3 is 9.80 Å². The molecule has 4 heterocycles. The number of hydrogen-bond donors (Lipinski definition) is 0. The van der Waals surface area contributed by atoms with E-state index < -0.39 is 0 Å². The summed E-state index contributed by atoms with van der Waals surface area (Å²) in [6, 6.07) is 33.2. The van der Waals surface area contributed by atoms with Crippen molar-refractivity contribution in [2.24, 2.45) is 0 Å². The summed E-state index contributed by atoms with van der Waals surface area (Å²) in [5.74, 6) is 1.21. The number of anilines is 2. The molecule has 0 aliphatic carbocycles. The fourth-order valence-corrected chi connectivity index (χ4v) is 9.01. The Morgan fingerprint density at radius 1 is 0.482 bits per heavy atom. The average molecular weight is 796 g/mol. The zero-order valence-corrected chi connectivity index (χ0v) is 34.8. The Morgan fingerprint density at radius 2 is 0.804 bits per heavy atom. The fraction of sp³-hybridized carbons (Fsp3) is 0.435. The van der Waals surface area contributed by atoms with Gasteiger partial charge in [0.1, 0.15) is 0 Å². The first-order valence-electron chi connectivity index (χ1n) is 20.3. The first-order valence-corrected chi connectivity index (χ1v) is 21.0. The van der Waals surface area contributed by atoms with Crippen molar-refractivity contribution in [1.82, 2.24) is 19.6 Å². The van der Waals surface area contributed by atoms with Gasteiger partial charge in [0, 0.05) is 111 Å². The molecule has 0 radical (unpaired) electrons. The van der Waals surface area contributed by atoms with Crippen LogP contribution in [0.15, 0.2) is 97.1 Å². The molecule has 4 atom stereocenters. The molecule has 0 aromatic heterocycles. The van der Waals surface area contributed by atoms with Crippen LogP contribution in [0.4, 0.5) is 11.4 Å². The van der Waals surface area contributed by atoms with Crippen LogP contribution in [0.25, 0.3) is 0 Å². The molecule has 0 bridgehead atoms. The van der Waals surface area contributed by atoms with E-state index >= 15 is 0 Å². The maximum absolute atomic E-state index is 13.1. The monoisotopic (exact) mass is 794 g/mol. The van der Waals surface area contributed by atoms with Crippen LogP contribution in [-0.4, -0.2) is 109 Å². The van der Waals surface area contributed by atoms with E-state index in [1.165, 1.54) is 22.3 Å². The third kappa shape index (κ3) is 9.33. The zero-order chi connectivity index (χ0) is 39.3. The molecule has 8 nitrogen and oxygen atoms in total. The van der Waals surface area contributed by atoms with Crippen molar-refractivity contribution in [2.45, 2.75) is 64.7 Å². The number of carbonyl (C=O) groups is 2. The molecule has 4 aliphatic heterocycles. The van der Waals surface area contributed by atoms with Gasteiger partial charge in [0.15, 0.2) is 0 Å². The number of benzene rings is 4. The van der Waals surface area contributed by atoms with Gasteiger partial charge in [-0.3, -0.25) is 29.2 Å². The first-order chi connectivity index (χ1) is 27.0. The van der Waals surface area contributed by atoms with Gasteiger partial charge in [0.2, 0.25) is 11.8 Å². The maximum atomic E-state index is 13.1. The summed E-state index contributed by atoms with van der Waals surface area (Å²) in [5.41, 5.74) is 7.32. The molecule has 2 saturated heterocycles. The highest BCUT2D eigenvalue weighted by Gasteiger charge is 2.38. The van der Waals surface area contributed by atoms with Gasteiger partial charge in [-0.25, -0.2) is 0 Å². The van der Waals surface area contributed by atoms with E-state index in [0.717, 1.165) is 86.9 Å². The van der Waals surface area contributed by atoms with Crippen molar-refractivity contribution in [1.29, 1.82) is 0 Å². The van der Waals surface area contributed by atoms with E-state index in [2.05, 4.69) is 108 Å². The number of nitrogens with zero attached hydrogens (tertiary/aromatic N) is 6. The molecule has 2 unspecified atom stereocenters.